The van der Waals surface area contributed by atoms with Crippen molar-refractivity contribution in [2.45, 2.75) is 45.6 Å². The summed E-state index contributed by atoms with van der Waals surface area (Å²) >= 11 is 0. The van der Waals surface area contributed by atoms with E-state index in [2.05, 4.69) is 48.4 Å². The Labute approximate surface area is 156 Å². The normalized spacial score (nSPS) is 17.2. The lowest BCUT2D eigenvalue weighted by Gasteiger charge is -2.31. The minimum Gasteiger partial charge on any atom is -0.450 e. The van der Waals surface area contributed by atoms with Crippen LogP contribution in [0.1, 0.15) is 45.1 Å². The van der Waals surface area contributed by atoms with Crippen LogP contribution in [0.5, 0.6) is 0 Å². The van der Waals surface area contributed by atoms with Gasteiger partial charge in [0.2, 0.25) is 0 Å². The first kappa shape index (κ1) is 20.1. The molecular formula is C20H32N4O2. The highest BCUT2D eigenvalue weighted by Gasteiger charge is 2.24. The summed E-state index contributed by atoms with van der Waals surface area (Å²) in [5.41, 5.74) is 7.40. The quantitative estimate of drug-likeness (QED) is 0.604. The summed E-state index contributed by atoms with van der Waals surface area (Å²) in [5.74, 6) is 1.32. The summed E-state index contributed by atoms with van der Waals surface area (Å²) in [4.78, 5) is 18.1. The molecule has 0 bridgehead atoms. The van der Waals surface area contributed by atoms with Crippen LogP contribution < -0.4 is 11.1 Å². The van der Waals surface area contributed by atoms with Gasteiger partial charge in [-0.1, -0.05) is 44.2 Å². The third-order valence-corrected chi connectivity index (χ3v) is 4.86. The third kappa shape index (κ3) is 5.93. The fourth-order valence-corrected chi connectivity index (χ4v) is 3.27. The van der Waals surface area contributed by atoms with E-state index in [0.29, 0.717) is 44.0 Å². The number of rotatable bonds is 6. The molecule has 1 amide bonds. The number of piperidine rings is 1. The molecule has 0 spiro atoms. The highest BCUT2D eigenvalue weighted by molar-refractivity contribution is 5.78. The smallest absolute Gasteiger partial charge is 0.409 e. The van der Waals surface area contributed by atoms with Crippen molar-refractivity contribution in [3.63, 3.8) is 0 Å². The van der Waals surface area contributed by atoms with Gasteiger partial charge in [-0.25, -0.2) is 4.79 Å². The first-order valence-corrected chi connectivity index (χ1v) is 9.54. The molecule has 1 aromatic carbocycles. The fourth-order valence-electron chi connectivity index (χ4n) is 3.27. The number of nitrogens with zero attached hydrogens (tertiary/aromatic N) is 2. The van der Waals surface area contributed by atoms with Crippen molar-refractivity contribution in [1.82, 2.24) is 10.2 Å². The van der Waals surface area contributed by atoms with Gasteiger partial charge in [-0.2, -0.15) is 0 Å². The van der Waals surface area contributed by atoms with Gasteiger partial charge in [-0.05, 0) is 31.2 Å². The Bertz CT molecular complexity index is 581. The molecule has 0 aliphatic carbocycles. The van der Waals surface area contributed by atoms with Crippen molar-refractivity contribution in [3.05, 3.63) is 35.9 Å². The van der Waals surface area contributed by atoms with Crippen molar-refractivity contribution in [3.8, 4) is 0 Å². The Morgan fingerprint density at radius 1 is 1.31 bits per heavy atom. The second kappa shape index (κ2) is 10.0. The van der Waals surface area contributed by atoms with E-state index in [0.717, 1.165) is 12.8 Å². The molecule has 1 saturated heterocycles. The van der Waals surface area contributed by atoms with Crippen LogP contribution >= 0.6 is 0 Å². The van der Waals surface area contributed by atoms with Gasteiger partial charge < -0.3 is 20.7 Å². The maximum absolute atomic E-state index is 11.7. The molecule has 26 heavy (non-hydrogen) atoms. The van der Waals surface area contributed by atoms with E-state index in [-0.39, 0.29) is 12.1 Å². The lowest BCUT2D eigenvalue weighted by atomic mass is 9.88. The molecule has 144 valence electrons. The summed E-state index contributed by atoms with van der Waals surface area (Å²) in [6.45, 7) is 8.69. The second-order valence-electron chi connectivity index (χ2n) is 7.09. The van der Waals surface area contributed by atoms with Crippen LogP contribution in [0.15, 0.2) is 35.3 Å². The molecule has 6 nitrogen and oxygen atoms in total. The SMILES string of the molecule is CCOC(=O)N1CCC(NC(N)=NCC(c2ccccc2)C(C)C)CC1. The number of amides is 1. The molecule has 6 heteroatoms. The van der Waals surface area contributed by atoms with Crippen LogP contribution in [-0.4, -0.2) is 49.2 Å². The first-order chi connectivity index (χ1) is 12.5. The number of guanidine groups is 1. The minimum absolute atomic E-state index is 0.227. The largest absolute Gasteiger partial charge is 0.450 e. The molecule has 1 unspecified atom stereocenters. The zero-order chi connectivity index (χ0) is 18.9. The van der Waals surface area contributed by atoms with E-state index in [1.54, 1.807) is 4.90 Å². The fraction of sp³-hybridized carbons (Fsp3) is 0.600. The standard InChI is InChI=1S/C20H32N4O2/c1-4-26-20(25)24-12-10-17(11-13-24)23-19(21)22-14-18(15(2)3)16-8-6-5-7-9-16/h5-9,15,17-18H,4,10-14H2,1-3H3,(H3,21,22,23). The second-order valence-corrected chi connectivity index (χ2v) is 7.09. The lowest BCUT2D eigenvalue weighted by molar-refractivity contribution is 0.0963. The Hall–Kier alpha value is -2.24. The van der Waals surface area contributed by atoms with E-state index >= 15 is 0 Å². The average molecular weight is 361 g/mol. The molecule has 2 rings (SSSR count). The summed E-state index contributed by atoms with van der Waals surface area (Å²) in [5, 5.41) is 3.31. The monoisotopic (exact) mass is 360 g/mol. The summed E-state index contributed by atoms with van der Waals surface area (Å²) in [6, 6.07) is 10.7. The summed E-state index contributed by atoms with van der Waals surface area (Å²) < 4.78 is 5.05. The number of benzene rings is 1. The van der Waals surface area contributed by atoms with E-state index in [1.165, 1.54) is 5.56 Å². The molecule has 0 aromatic heterocycles. The Balaban J connectivity index is 1.83. The molecule has 0 saturated carbocycles. The number of likely N-dealkylation sites (tertiary alicyclic amines) is 1. The third-order valence-electron chi connectivity index (χ3n) is 4.86. The number of nitrogens with two attached hydrogens (primary N) is 1. The van der Waals surface area contributed by atoms with Crippen LogP contribution in [0, 0.1) is 5.92 Å². The maximum atomic E-state index is 11.7. The summed E-state index contributed by atoms with van der Waals surface area (Å²) in [7, 11) is 0. The molecule has 1 aliphatic rings. The molecule has 1 aromatic rings. The van der Waals surface area contributed by atoms with E-state index < -0.39 is 0 Å². The van der Waals surface area contributed by atoms with Gasteiger partial charge in [0.1, 0.15) is 0 Å². The first-order valence-electron chi connectivity index (χ1n) is 9.54. The average Bonchev–Trinajstić information content (AvgIpc) is 2.63. The Morgan fingerprint density at radius 3 is 2.54 bits per heavy atom. The Morgan fingerprint density at radius 2 is 1.96 bits per heavy atom. The van der Waals surface area contributed by atoms with E-state index in [1.807, 2.05) is 13.0 Å². The van der Waals surface area contributed by atoms with Crippen molar-refractivity contribution < 1.29 is 9.53 Å². The highest BCUT2D eigenvalue weighted by atomic mass is 16.6. The van der Waals surface area contributed by atoms with Crippen molar-refractivity contribution >= 4 is 12.1 Å². The number of nitrogens with one attached hydrogen (secondary N) is 1. The van der Waals surface area contributed by atoms with Crippen LogP contribution in [0.3, 0.4) is 0 Å². The molecule has 1 fully saturated rings. The Kier molecular flexibility index (Phi) is 7.75. The molecule has 1 atom stereocenters. The van der Waals surface area contributed by atoms with Crippen molar-refractivity contribution in [1.29, 1.82) is 0 Å². The number of carbonyl (C=O) groups is 1. The number of aliphatic imine (C=N–C) groups is 1. The van der Waals surface area contributed by atoms with Gasteiger partial charge in [0, 0.05) is 31.6 Å². The van der Waals surface area contributed by atoms with Gasteiger partial charge in [-0.15, -0.1) is 0 Å². The lowest BCUT2D eigenvalue weighted by Crippen LogP contribution is -2.48. The molecule has 1 heterocycles. The number of hydrogen-bond donors (Lipinski definition) is 2. The van der Waals surface area contributed by atoms with Gasteiger partial charge in [-0.3, -0.25) is 4.99 Å². The zero-order valence-electron chi connectivity index (χ0n) is 16.1. The van der Waals surface area contributed by atoms with Gasteiger partial charge in [0.15, 0.2) is 5.96 Å². The van der Waals surface area contributed by atoms with E-state index in [4.69, 9.17) is 10.5 Å². The maximum Gasteiger partial charge on any atom is 0.409 e. The molecule has 1 aliphatic heterocycles. The molecule has 3 N–H and O–H groups in total. The van der Waals surface area contributed by atoms with Crippen LogP contribution in [0.25, 0.3) is 0 Å². The van der Waals surface area contributed by atoms with Crippen LogP contribution in [0.2, 0.25) is 0 Å². The molecule has 0 radical (unpaired) electrons. The zero-order valence-corrected chi connectivity index (χ0v) is 16.1. The minimum atomic E-state index is -0.227. The predicted molar refractivity (Wildman–Crippen MR) is 105 cm³/mol. The van der Waals surface area contributed by atoms with Crippen molar-refractivity contribution in [2.75, 3.05) is 26.2 Å². The van der Waals surface area contributed by atoms with Crippen molar-refractivity contribution in [2.24, 2.45) is 16.6 Å². The molecular weight excluding hydrogens is 328 g/mol. The number of ether oxygens (including phenoxy) is 1. The summed E-state index contributed by atoms with van der Waals surface area (Å²) in [6.07, 6.45) is 1.47. The van der Waals surface area contributed by atoms with Gasteiger partial charge in [0.25, 0.3) is 0 Å². The number of carbonyl (C=O) groups excluding carboxylic acids is 1. The number of hydrogen-bond acceptors (Lipinski definition) is 3. The highest BCUT2D eigenvalue weighted by Crippen LogP contribution is 2.24. The van der Waals surface area contributed by atoms with Gasteiger partial charge >= 0.3 is 6.09 Å². The topological polar surface area (TPSA) is 80.0 Å². The van der Waals surface area contributed by atoms with Crippen LogP contribution in [-0.2, 0) is 4.74 Å². The van der Waals surface area contributed by atoms with Crippen LogP contribution in [0.4, 0.5) is 4.79 Å². The predicted octanol–water partition coefficient (Wildman–Crippen LogP) is 2.95. The van der Waals surface area contributed by atoms with Gasteiger partial charge in [0.05, 0.1) is 6.61 Å². The van der Waals surface area contributed by atoms with E-state index in [9.17, 15) is 4.79 Å².